The van der Waals surface area contributed by atoms with Crippen LogP contribution < -0.4 is 5.32 Å². The van der Waals surface area contributed by atoms with E-state index in [4.69, 9.17) is 0 Å². The van der Waals surface area contributed by atoms with E-state index in [9.17, 15) is 0 Å². The van der Waals surface area contributed by atoms with Crippen molar-refractivity contribution in [2.75, 3.05) is 6.54 Å². The van der Waals surface area contributed by atoms with Crippen molar-refractivity contribution in [3.05, 3.63) is 48.0 Å². The van der Waals surface area contributed by atoms with E-state index in [-0.39, 0.29) is 0 Å². The van der Waals surface area contributed by atoms with Gasteiger partial charge < -0.3 is 5.32 Å². The molecule has 102 valence electrons. The summed E-state index contributed by atoms with van der Waals surface area (Å²) < 4.78 is 1.85. The van der Waals surface area contributed by atoms with Crippen LogP contribution >= 0.6 is 0 Å². The number of nitrogens with zero attached hydrogens (tertiary/aromatic N) is 3. The van der Waals surface area contributed by atoms with Gasteiger partial charge in [-0.25, -0.2) is 4.98 Å². The molecule has 0 spiro atoms. The molecular weight excluding hydrogens is 236 g/mol. The second kappa shape index (κ2) is 7.04. The second-order valence-electron chi connectivity index (χ2n) is 4.71. The highest BCUT2D eigenvalue weighted by atomic mass is 15.3. The van der Waals surface area contributed by atoms with Crippen LogP contribution in [-0.2, 0) is 13.5 Å². The zero-order valence-electron chi connectivity index (χ0n) is 11.7. The van der Waals surface area contributed by atoms with Crippen molar-refractivity contribution < 1.29 is 0 Å². The molecule has 1 aromatic carbocycles. The minimum Gasteiger partial charge on any atom is -0.310 e. The average molecular weight is 258 g/mol. The summed E-state index contributed by atoms with van der Waals surface area (Å²) in [4.78, 5) is 4.26. The van der Waals surface area contributed by atoms with E-state index in [0.717, 1.165) is 31.6 Å². The summed E-state index contributed by atoms with van der Waals surface area (Å²) in [5.41, 5.74) is 1.36. The monoisotopic (exact) mass is 258 g/mol. The molecule has 0 aliphatic rings. The first-order valence-corrected chi connectivity index (χ1v) is 6.92. The molecule has 2 rings (SSSR count). The first kappa shape index (κ1) is 13.7. The van der Waals surface area contributed by atoms with Crippen molar-refractivity contribution in [2.24, 2.45) is 7.05 Å². The molecule has 19 heavy (non-hydrogen) atoms. The molecule has 0 saturated heterocycles. The molecule has 4 heteroatoms. The van der Waals surface area contributed by atoms with Crippen LogP contribution in [0.15, 0.2) is 36.7 Å². The Morgan fingerprint density at radius 1 is 1.26 bits per heavy atom. The fourth-order valence-electron chi connectivity index (χ4n) is 2.33. The Kier molecular flexibility index (Phi) is 5.10. The Bertz CT molecular complexity index is 478. The molecule has 0 saturated carbocycles. The lowest BCUT2D eigenvalue weighted by molar-refractivity contribution is 0.491. The first-order valence-electron chi connectivity index (χ1n) is 6.92. The second-order valence-corrected chi connectivity index (χ2v) is 4.71. The largest absolute Gasteiger partial charge is 0.310 e. The third kappa shape index (κ3) is 3.89. The summed E-state index contributed by atoms with van der Waals surface area (Å²) in [6, 6.07) is 11.1. The van der Waals surface area contributed by atoms with Crippen LogP contribution in [0.25, 0.3) is 0 Å². The van der Waals surface area contributed by atoms with Crippen molar-refractivity contribution in [2.45, 2.75) is 32.2 Å². The molecule has 1 N–H and O–H groups in total. The van der Waals surface area contributed by atoms with E-state index in [0.29, 0.717) is 6.04 Å². The molecule has 1 unspecified atom stereocenters. The number of rotatable bonds is 7. The fraction of sp³-hybridized carbons (Fsp3) is 0.467. The highest BCUT2D eigenvalue weighted by Gasteiger charge is 2.10. The minimum atomic E-state index is 0.430. The van der Waals surface area contributed by atoms with E-state index >= 15 is 0 Å². The number of aromatic nitrogens is 3. The zero-order chi connectivity index (χ0) is 13.5. The van der Waals surface area contributed by atoms with Crippen LogP contribution in [0.2, 0.25) is 0 Å². The van der Waals surface area contributed by atoms with E-state index in [1.165, 1.54) is 5.56 Å². The quantitative estimate of drug-likeness (QED) is 0.829. The summed E-state index contributed by atoms with van der Waals surface area (Å²) in [5, 5.41) is 7.65. The molecule has 0 amide bonds. The van der Waals surface area contributed by atoms with Crippen LogP contribution in [0.1, 0.15) is 37.2 Å². The van der Waals surface area contributed by atoms with Gasteiger partial charge in [0.2, 0.25) is 0 Å². The minimum absolute atomic E-state index is 0.430. The standard InChI is InChI=1S/C15H22N4/c1-3-16-14(13-8-5-4-6-9-13)10-7-11-15-17-12-18-19(15)2/h4-6,8-9,12,14,16H,3,7,10-11H2,1-2H3. The number of nitrogens with one attached hydrogen (secondary N) is 1. The molecule has 4 nitrogen and oxygen atoms in total. The Morgan fingerprint density at radius 2 is 2.05 bits per heavy atom. The lowest BCUT2D eigenvalue weighted by Gasteiger charge is -2.18. The van der Waals surface area contributed by atoms with Gasteiger partial charge in [-0.15, -0.1) is 0 Å². The van der Waals surface area contributed by atoms with Gasteiger partial charge in [0, 0.05) is 19.5 Å². The van der Waals surface area contributed by atoms with E-state index in [1.54, 1.807) is 6.33 Å². The molecule has 0 radical (unpaired) electrons. The van der Waals surface area contributed by atoms with Gasteiger partial charge in [0.25, 0.3) is 0 Å². The maximum absolute atomic E-state index is 4.26. The highest BCUT2D eigenvalue weighted by molar-refractivity contribution is 5.18. The molecule has 0 aliphatic heterocycles. The first-order chi connectivity index (χ1) is 9.31. The molecule has 0 bridgehead atoms. The smallest absolute Gasteiger partial charge is 0.138 e. The summed E-state index contributed by atoms with van der Waals surface area (Å²) >= 11 is 0. The summed E-state index contributed by atoms with van der Waals surface area (Å²) in [7, 11) is 1.95. The lowest BCUT2D eigenvalue weighted by Crippen LogP contribution is -2.21. The van der Waals surface area contributed by atoms with Gasteiger partial charge in [-0.3, -0.25) is 4.68 Å². The summed E-state index contributed by atoms with van der Waals surface area (Å²) in [6.45, 7) is 3.14. The molecular formula is C15H22N4. The van der Waals surface area contributed by atoms with Crippen LogP contribution in [0, 0.1) is 0 Å². The number of benzene rings is 1. The van der Waals surface area contributed by atoms with Gasteiger partial charge in [0.05, 0.1) is 0 Å². The van der Waals surface area contributed by atoms with E-state index < -0.39 is 0 Å². The average Bonchev–Trinajstić information content (AvgIpc) is 2.84. The Balaban J connectivity index is 1.89. The molecule has 1 heterocycles. The van der Waals surface area contributed by atoms with Crippen LogP contribution in [0.5, 0.6) is 0 Å². The maximum Gasteiger partial charge on any atom is 0.138 e. The predicted molar refractivity (Wildman–Crippen MR) is 76.8 cm³/mol. The van der Waals surface area contributed by atoms with Crippen LogP contribution in [0.3, 0.4) is 0 Å². The lowest BCUT2D eigenvalue weighted by atomic mass is 10.0. The van der Waals surface area contributed by atoms with Crippen molar-refractivity contribution in [3.63, 3.8) is 0 Å². The van der Waals surface area contributed by atoms with Crippen LogP contribution in [-0.4, -0.2) is 21.3 Å². The van der Waals surface area contributed by atoms with Gasteiger partial charge in [-0.05, 0) is 24.9 Å². The normalized spacial score (nSPS) is 12.5. The Morgan fingerprint density at radius 3 is 2.68 bits per heavy atom. The Labute approximate surface area is 114 Å². The summed E-state index contributed by atoms with van der Waals surface area (Å²) in [6.07, 6.45) is 4.82. The third-order valence-corrected chi connectivity index (χ3v) is 3.35. The number of hydrogen-bond donors (Lipinski definition) is 1. The SMILES string of the molecule is CCNC(CCCc1ncnn1C)c1ccccc1. The topological polar surface area (TPSA) is 42.7 Å². The van der Waals surface area contributed by atoms with Crippen molar-refractivity contribution in [1.29, 1.82) is 0 Å². The van der Waals surface area contributed by atoms with Crippen molar-refractivity contribution in [3.8, 4) is 0 Å². The van der Waals surface area contributed by atoms with Gasteiger partial charge in [0.15, 0.2) is 0 Å². The van der Waals surface area contributed by atoms with Gasteiger partial charge in [-0.1, -0.05) is 37.3 Å². The molecule has 0 fully saturated rings. The molecule has 2 aromatic rings. The van der Waals surface area contributed by atoms with E-state index in [2.05, 4.69) is 52.7 Å². The molecule has 1 aromatic heterocycles. The summed E-state index contributed by atoms with van der Waals surface area (Å²) in [5.74, 6) is 1.06. The van der Waals surface area contributed by atoms with Gasteiger partial charge in [-0.2, -0.15) is 5.10 Å². The number of aryl methyl sites for hydroxylation is 2. The van der Waals surface area contributed by atoms with E-state index in [1.807, 2.05) is 11.7 Å². The number of hydrogen-bond acceptors (Lipinski definition) is 3. The van der Waals surface area contributed by atoms with Crippen LogP contribution in [0.4, 0.5) is 0 Å². The Hall–Kier alpha value is -1.68. The van der Waals surface area contributed by atoms with Crippen molar-refractivity contribution in [1.82, 2.24) is 20.1 Å². The van der Waals surface area contributed by atoms with Gasteiger partial charge in [0.1, 0.15) is 12.2 Å². The third-order valence-electron chi connectivity index (χ3n) is 3.35. The zero-order valence-corrected chi connectivity index (χ0v) is 11.7. The van der Waals surface area contributed by atoms with Gasteiger partial charge >= 0.3 is 0 Å². The van der Waals surface area contributed by atoms with Crippen molar-refractivity contribution >= 4 is 0 Å². The molecule has 0 aliphatic carbocycles. The predicted octanol–water partition coefficient (Wildman–Crippen LogP) is 2.49. The maximum atomic E-state index is 4.26. The highest BCUT2D eigenvalue weighted by Crippen LogP contribution is 2.19. The fourth-order valence-corrected chi connectivity index (χ4v) is 2.33. The molecule has 1 atom stereocenters.